The zero-order valence-corrected chi connectivity index (χ0v) is 12.1. The number of hydrazone groups is 1. The Kier molecular flexibility index (Phi) is 4.13. The summed E-state index contributed by atoms with van der Waals surface area (Å²) in [6.45, 7) is 1.81. The third-order valence-electron chi connectivity index (χ3n) is 2.66. The van der Waals surface area contributed by atoms with Crippen molar-refractivity contribution in [3.63, 3.8) is 0 Å². The Bertz CT molecular complexity index is 925. The summed E-state index contributed by atoms with van der Waals surface area (Å²) in [6, 6.07) is 6.04. The first-order valence-electron chi connectivity index (χ1n) is 5.97. The molecule has 2 aromatic rings. The lowest BCUT2D eigenvalue weighted by molar-refractivity contribution is 0.447. The van der Waals surface area contributed by atoms with E-state index in [4.69, 9.17) is 0 Å². The number of aromatic nitrogens is 2. The molecule has 0 aliphatic carbocycles. The van der Waals surface area contributed by atoms with Crippen molar-refractivity contribution < 1.29 is 13.5 Å². The fourth-order valence-corrected chi connectivity index (χ4v) is 2.33. The van der Waals surface area contributed by atoms with Crippen molar-refractivity contribution in [2.24, 2.45) is 5.10 Å². The molecule has 0 radical (unpaired) electrons. The normalized spacial score (nSPS) is 11.7. The number of benzene rings is 1. The third-order valence-corrected chi connectivity index (χ3v) is 3.90. The number of sulfonamides is 1. The molecule has 22 heavy (non-hydrogen) atoms. The minimum absolute atomic E-state index is 0.00477. The molecule has 0 unspecified atom stereocenters. The summed E-state index contributed by atoms with van der Waals surface area (Å²) in [7, 11) is -3.89. The molecule has 1 heterocycles. The predicted octanol–water partition coefficient (Wildman–Crippen LogP) is -0.610. The molecule has 0 atom stereocenters. The van der Waals surface area contributed by atoms with E-state index in [1.807, 2.05) is 21.7 Å². The van der Waals surface area contributed by atoms with Crippen LogP contribution in [0.1, 0.15) is 11.1 Å². The maximum Gasteiger partial charge on any atom is 0.328 e. The Morgan fingerprint density at radius 2 is 1.82 bits per heavy atom. The van der Waals surface area contributed by atoms with E-state index >= 15 is 0 Å². The second kappa shape index (κ2) is 5.85. The van der Waals surface area contributed by atoms with E-state index in [-0.39, 0.29) is 10.5 Å². The molecule has 0 aliphatic rings. The van der Waals surface area contributed by atoms with Gasteiger partial charge in [-0.1, -0.05) is 17.7 Å². The van der Waals surface area contributed by atoms with Crippen molar-refractivity contribution in [3.05, 3.63) is 56.2 Å². The maximum absolute atomic E-state index is 11.9. The van der Waals surface area contributed by atoms with Crippen molar-refractivity contribution in [1.82, 2.24) is 14.8 Å². The smallest absolute Gasteiger partial charge is 0.328 e. The molecule has 0 amide bonds. The van der Waals surface area contributed by atoms with Crippen LogP contribution in [-0.4, -0.2) is 29.7 Å². The number of aromatic amines is 2. The van der Waals surface area contributed by atoms with Crippen LogP contribution in [0.5, 0.6) is 5.88 Å². The monoisotopic (exact) mass is 324 g/mol. The van der Waals surface area contributed by atoms with Crippen molar-refractivity contribution >= 4 is 16.2 Å². The highest BCUT2D eigenvalue weighted by Crippen LogP contribution is 2.09. The van der Waals surface area contributed by atoms with Gasteiger partial charge in [0.2, 0.25) is 5.88 Å². The molecular weight excluding hydrogens is 312 g/mol. The van der Waals surface area contributed by atoms with Crippen LogP contribution in [0, 0.1) is 6.92 Å². The molecule has 0 fully saturated rings. The average Bonchev–Trinajstić information content (AvgIpc) is 2.42. The number of hydrogen-bond acceptors (Lipinski definition) is 6. The molecule has 2 rings (SSSR count). The van der Waals surface area contributed by atoms with Crippen LogP contribution in [0.2, 0.25) is 0 Å². The topological polar surface area (TPSA) is 144 Å². The zero-order valence-electron chi connectivity index (χ0n) is 11.3. The molecule has 0 saturated carbocycles. The number of hydrogen-bond donors (Lipinski definition) is 4. The number of rotatable bonds is 4. The summed E-state index contributed by atoms with van der Waals surface area (Å²) in [5.74, 6) is -0.716. The van der Waals surface area contributed by atoms with Gasteiger partial charge in [-0.3, -0.25) is 14.8 Å². The van der Waals surface area contributed by atoms with Gasteiger partial charge < -0.3 is 5.11 Å². The second-order valence-electron chi connectivity index (χ2n) is 4.34. The first-order valence-corrected chi connectivity index (χ1v) is 7.45. The van der Waals surface area contributed by atoms with Gasteiger partial charge in [0, 0.05) is 0 Å². The number of H-pyrrole nitrogens is 2. The molecule has 4 N–H and O–H groups in total. The van der Waals surface area contributed by atoms with E-state index in [2.05, 4.69) is 5.10 Å². The van der Waals surface area contributed by atoms with E-state index in [0.717, 1.165) is 11.8 Å². The third kappa shape index (κ3) is 3.41. The number of aryl methyl sites for hydroxylation is 1. The number of nitrogens with one attached hydrogen (secondary N) is 3. The fourth-order valence-electron chi connectivity index (χ4n) is 1.53. The summed E-state index contributed by atoms with van der Waals surface area (Å²) in [5.41, 5.74) is -1.28. The van der Waals surface area contributed by atoms with Gasteiger partial charge in [0.15, 0.2) is 0 Å². The highest BCUT2D eigenvalue weighted by molar-refractivity contribution is 7.89. The van der Waals surface area contributed by atoms with Crippen molar-refractivity contribution in [2.45, 2.75) is 11.8 Å². The molecule has 116 valence electrons. The molecule has 0 bridgehead atoms. The Morgan fingerprint density at radius 3 is 2.41 bits per heavy atom. The standard InChI is InChI=1S/C12H12N4O5S/c1-7-2-4-8(5-3-7)22(20,21)16-13-6-9-10(17)14-12(19)15-11(9)18/h2-6,16H,1H3,(H3,14,15,17,18,19)/b13-6+. The van der Waals surface area contributed by atoms with Crippen LogP contribution < -0.4 is 16.1 Å². The molecule has 0 aliphatic heterocycles. The van der Waals surface area contributed by atoms with E-state index in [0.29, 0.717) is 0 Å². The number of nitrogens with zero attached hydrogens (tertiary/aromatic N) is 1. The summed E-state index contributed by atoms with van der Waals surface area (Å²) in [4.78, 5) is 28.0. The largest absolute Gasteiger partial charge is 0.494 e. The molecule has 0 spiro atoms. The summed E-state index contributed by atoms with van der Waals surface area (Å²) >= 11 is 0. The Hall–Kier alpha value is -2.88. The van der Waals surface area contributed by atoms with Gasteiger partial charge in [0.1, 0.15) is 5.56 Å². The first-order chi connectivity index (χ1) is 10.3. The first kappa shape index (κ1) is 15.5. The summed E-state index contributed by atoms with van der Waals surface area (Å²) in [5, 5.41) is 12.8. The summed E-state index contributed by atoms with van der Waals surface area (Å²) < 4.78 is 23.9. The van der Waals surface area contributed by atoms with Gasteiger partial charge in [-0.15, -0.1) is 0 Å². The quantitative estimate of drug-likeness (QED) is 0.438. The highest BCUT2D eigenvalue weighted by Gasteiger charge is 2.12. The van der Waals surface area contributed by atoms with Gasteiger partial charge in [-0.25, -0.2) is 9.63 Å². The fraction of sp³-hybridized carbons (Fsp3) is 0.0833. The van der Waals surface area contributed by atoms with E-state index < -0.39 is 27.2 Å². The summed E-state index contributed by atoms with van der Waals surface area (Å²) in [6.07, 6.45) is 0.788. The van der Waals surface area contributed by atoms with E-state index in [1.165, 1.54) is 12.1 Å². The Labute approximate surface area is 124 Å². The van der Waals surface area contributed by atoms with E-state index in [9.17, 15) is 23.1 Å². The van der Waals surface area contributed by atoms with Crippen molar-refractivity contribution in [2.75, 3.05) is 0 Å². The Balaban J connectivity index is 2.24. The van der Waals surface area contributed by atoms with Gasteiger partial charge >= 0.3 is 5.69 Å². The molecule has 10 heteroatoms. The van der Waals surface area contributed by atoms with Crippen LogP contribution in [0.3, 0.4) is 0 Å². The molecule has 0 saturated heterocycles. The van der Waals surface area contributed by atoms with Crippen LogP contribution in [0.4, 0.5) is 0 Å². The van der Waals surface area contributed by atoms with Gasteiger partial charge in [-0.2, -0.15) is 13.5 Å². The van der Waals surface area contributed by atoms with Gasteiger partial charge in [0.25, 0.3) is 15.6 Å². The molecule has 1 aromatic carbocycles. The lowest BCUT2D eigenvalue weighted by Gasteiger charge is -2.03. The van der Waals surface area contributed by atoms with Gasteiger partial charge in [-0.05, 0) is 19.1 Å². The van der Waals surface area contributed by atoms with Crippen LogP contribution in [-0.2, 0) is 10.0 Å². The number of aromatic hydroxyl groups is 1. The molecule has 1 aromatic heterocycles. The van der Waals surface area contributed by atoms with Crippen LogP contribution >= 0.6 is 0 Å². The van der Waals surface area contributed by atoms with Gasteiger partial charge in [0.05, 0.1) is 11.1 Å². The second-order valence-corrected chi connectivity index (χ2v) is 6.00. The Morgan fingerprint density at radius 1 is 1.18 bits per heavy atom. The SMILES string of the molecule is Cc1ccc(S(=O)(=O)N/N=C/c2c(O)[nH]c(=O)[nH]c2=O)cc1. The minimum Gasteiger partial charge on any atom is -0.494 e. The lowest BCUT2D eigenvalue weighted by atomic mass is 10.2. The highest BCUT2D eigenvalue weighted by atomic mass is 32.2. The van der Waals surface area contributed by atoms with Crippen molar-refractivity contribution in [3.8, 4) is 5.88 Å². The van der Waals surface area contributed by atoms with Crippen LogP contribution in [0.15, 0.2) is 43.9 Å². The zero-order chi connectivity index (χ0) is 16.3. The van der Waals surface area contributed by atoms with E-state index in [1.54, 1.807) is 12.1 Å². The average molecular weight is 324 g/mol. The lowest BCUT2D eigenvalue weighted by Crippen LogP contribution is -2.25. The van der Waals surface area contributed by atoms with Crippen molar-refractivity contribution in [1.29, 1.82) is 0 Å². The minimum atomic E-state index is -3.89. The van der Waals surface area contributed by atoms with Crippen LogP contribution in [0.25, 0.3) is 0 Å². The maximum atomic E-state index is 11.9. The molecule has 9 nitrogen and oxygen atoms in total. The predicted molar refractivity (Wildman–Crippen MR) is 78.4 cm³/mol. The molecular formula is C12H12N4O5S.